The lowest BCUT2D eigenvalue weighted by molar-refractivity contribution is -0.117. The van der Waals surface area contributed by atoms with Crippen LogP contribution in [0.5, 0.6) is 0 Å². The van der Waals surface area contributed by atoms with E-state index < -0.39 is 0 Å². The van der Waals surface area contributed by atoms with Gasteiger partial charge in [0.05, 0.1) is 0 Å². The molecule has 0 aliphatic carbocycles. The zero-order chi connectivity index (χ0) is 20.3. The van der Waals surface area contributed by atoms with Gasteiger partial charge in [-0.3, -0.25) is 4.79 Å². The molecule has 0 saturated carbocycles. The number of benzene rings is 2. The standard InChI is InChI=1S/C25H34N2O/c1-18-15-21(16-19(2)24(18)26-23(28)17-25(3,4)5)27-14-10-6-7-11-20-12-8-9-13-22(20)27/h8-9,12-13,15-16H,6-7,10-11,14,17H2,1-5H3,(H,26,28). The van der Waals surface area contributed by atoms with Gasteiger partial charge in [-0.15, -0.1) is 0 Å². The summed E-state index contributed by atoms with van der Waals surface area (Å²) in [4.78, 5) is 14.9. The zero-order valence-corrected chi connectivity index (χ0v) is 18.1. The van der Waals surface area contributed by atoms with Gasteiger partial charge in [0.1, 0.15) is 0 Å². The molecule has 0 fully saturated rings. The molecule has 0 bridgehead atoms. The first-order chi connectivity index (χ1) is 13.2. The van der Waals surface area contributed by atoms with Gasteiger partial charge in [0, 0.05) is 30.0 Å². The van der Waals surface area contributed by atoms with Gasteiger partial charge < -0.3 is 10.2 Å². The molecule has 0 radical (unpaired) electrons. The third-order valence-electron chi connectivity index (χ3n) is 5.39. The SMILES string of the molecule is Cc1cc(N2CCCCCc3ccccc32)cc(C)c1NC(=O)CC(C)(C)C. The highest BCUT2D eigenvalue weighted by molar-refractivity contribution is 5.93. The van der Waals surface area contributed by atoms with Crippen LogP contribution in [0, 0.1) is 19.3 Å². The number of aryl methyl sites for hydroxylation is 3. The van der Waals surface area contributed by atoms with E-state index >= 15 is 0 Å². The van der Waals surface area contributed by atoms with Gasteiger partial charge in [-0.25, -0.2) is 0 Å². The molecule has 1 aliphatic rings. The first-order valence-electron chi connectivity index (χ1n) is 10.5. The minimum absolute atomic E-state index is 0.0138. The molecule has 3 heteroatoms. The molecule has 0 spiro atoms. The number of anilines is 3. The van der Waals surface area contributed by atoms with E-state index in [0.717, 1.165) is 29.8 Å². The fourth-order valence-electron chi connectivity index (χ4n) is 4.10. The summed E-state index contributed by atoms with van der Waals surface area (Å²) in [6.07, 6.45) is 5.40. The van der Waals surface area contributed by atoms with Crippen LogP contribution in [0.3, 0.4) is 0 Å². The van der Waals surface area contributed by atoms with E-state index in [0.29, 0.717) is 6.42 Å². The Kier molecular flexibility index (Phi) is 6.12. The van der Waals surface area contributed by atoms with Crippen LogP contribution in [-0.4, -0.2) is 12.5 Å². The molecule has 1 aliphatic heterocycles. The average molecular weight is 379 g/mol. The largest absolute Gasteiger partial charge is 0.341 e. The van der Waals surface area contributed by atoms with E-state index in [4.69, 9.17) is 0 Å². The highest BCUT2D eigenvalue weighted by atomic mass is 16.1. The van der Waals surface area contributed by atoms with Crippen molar-refractivity contribution in [1.82, 2.24) is 0 Å². The Bertz CT molecular complexity index is 825. The second kappa shape index (κ2) is 8.38. The molecule has 28 heavy (non-hydrogen) atoms. The minimum Gasteiger partial charge on any atom is -0.341 e. The number of para-hydroxylation sites is 1. The molecule has 2 aromatic rings. The van der Waals surface area contributed by atoms with Crippen molar-refractivity contribution in [1.29, 1.82) is 0 Å². The average Bonchev–Trinajstić information content (AvgIpc) is 2.57. The summed E-state index contributed by atoms with van der Waals surface area (Å²) in [7, 11) is 0. The van der Waals surface area contributed by atoms with E-state index in [-0.39, 0.29) is 11.3 Å². The fraction of sp³-hybridized carbons (Fsp3) is 0.480. The number of carbonyl (C=O) groups is 1. The summed E-state index contributed by atoms with van der Waals surface area (Å²) < 4.78 is 0. The molecule has 2 aromatic carbocycles. The maximum absolute atomic E-state index is 12.4. The molecule has 150 valence electrons. The summed E-state index contributed by atoms with van der Waals surface area (Å²) in [5, 5.41) is 3.15. The van der Waals surface area contributed by atoms with Crippen molar-refractivity contribution in [3.8, 4) is 0 Å². The zero-order valence-electron chi connectivity index (χ0n) is 18.1. The summed E-state index contributed by atoms with van der Waals surface area (Å²) in [5.41, 5.74) is 7.16. The minimum atomic E-state index is -0.0138. The predicted octanol–water partition coefficient (Wildman–Crippen LogP) is 6.54. The van der Waals surface area contributed by atoms with Crippen LogP contribution in [0.2, 0.25) is 0 Å². The number of fused-ring (bicyclic) bond motifs is 1. The quantitative estimate of drug-likeness (QED) is 0.657. The van der Waals surface area contributed by atoms with Gasteiger partial charge in [-0.05, 0) is 73.4 Å². The Balaban J connectivity index is 1.91. The first kappa shape index (κ1) is 20.4. The van der Waals surface area contributed by atoms with Crippen molar-refractivity contribution in [2.75, 3.05) is 16.8 Å². The van der Waals surface area contributed by atoms with Crippen LogP contribution in [0.1, 0.15) is 63.1 Å². The van der Waals surface area contributed by atoms with Crippen molar-refractivity contribution in [2.45, 2.75) is 66.7 Å². The lowest BCUT2D eigenvalue weighted by Gasteiger charge is -2.30. The normalized spacial score (nSPS) is 14.8. The Morgan fingerprint density at radius 1 is 1.04 bits per heavy atom. The van der Waals surface area contributed by atoms with Crippen LogP contribution >= 0.6 is 0 Å². The highest BCUT2D eigenvalue weighted by Gasteiger charge is 2.20. The second-order valence-corrected chi connectivity index (χ2v) is 9.33. The fourth-order valence-corrected chi connectivity index (χ4v) is 4.10. The molecule has 3 nitrogen and oxygen atoms in total. The van der Waals surface area contributed by atoms with Crippen molar-refractivity contribution in [3.63, 3.8) is 0 Å². The van der Waals surface area contributed by atoms with Gasteiger partial charge in [0.25, 0.3) is 0 Å². The Morgan fingerprint density at radius 3 is 2.39 bits per heavy atom. The molecule has 1 heterocycles. The number of amides is 1. The maximum atomic E-state index is 12.4. The van der Waals surface area contributed by atoms with Gasteiger partial charge in [0.2, 0.25) is 5.91 Å². The number of rotatable bonds is 3. The molecule has 3 rings (SSSR count). The molecule has 0 unspecified atom stereocenters. The van der Waals surface area contributed by atoms with Crippen molar-refractivity contribution >= 4 is 23.0 Å². The molecule has 0 saturated heterocycles. The smallest absolute Gasteiger partial charge is 0.224 e. The van der Waals surface area contributed by atoms with Crippen molar-refractivity contribution < 1.29 is 4.79 Å². The van der Waals surface area contributed by atoms with E-state index in [2.05, 4.69) is 81.2 Å². The summed E-state index contributed by atoms with van der Waals surface area (Å²) >= 11 is 0. The van der Waals surface area contributed by atoms with Crippen molar-refractivity contribution in [2.24, 2.45) is 5.41 Å². The van der Waals surface area contributed by atoms with Crippen LogP contribution in [0.25, 0.3) is 0 Å². The van der Waals surface area contributed by atoms with Gasteiger partial charge in [-0.1, -0.05) is 45.4 Å². The summed E-state index contributed by atoms with van der Waals surface area (Å²) in [6.45, 7) is 11.5. The Morgan fingerprint density at radius 2 is 1.71 bits per heavy atom. The maximum Gasteiger partial charge on any atom is 0.224 e. The van der Waals surface area contributed by atoms with Crippen LogP contribution in [0.15, 0.2) is 36.4 Å². The van der Waals surface area contributed by atoms with Gasteiger partial charge >= 0.3 is 0 Å². The van der Waals surface area contributed by atoms with E-state index in [1.807, 2.05) is 0 Å². The number of hydrogen-bond donors (Lipinski definition) is 1. The summed E-state index contributed by atoms with van der Waals surface area (Å²) in [5.74, 6) is 0.0862. The predicted molar refractivity (Wildman–Crippen MR) is 120 cm³/mol. The Labute approximate surface area is 170 Å². The molecular weight excluding hydrogens is 344 g/mol. The number of carbonyl (C=O) groups excluding carboxylic acids is 1. The molecule has 0 aromatic heterocycles. The lowest BCUT2D eigenvalue weighted by atomic mass is 9.92. The number of nitrogens with one attached hydrogen (secondary N) is 1. The third kappa shape index (κ3) is 4.95. The third-order valence-corrected chi connectivity index (χ3v) is 5.39. The lowest BCUT2D eigenvalue weighted by Crippen LogP contribution is -2.23. The second-order valence-electron chi connectivity index (χ2n) is 9.33. The van der Waals surface area contributed by atoms with E-state index in [9.17, 15) is 4.79 Å². The topological polar surface area (TPSA) is 32.3 Å². The highest BCUT2D eigenvalue weighted by Crippen LogP contribution is 2.35. The van der Waals surface area contributed by atoms with Crippen LogP contribution in [-0.2, 0) is 11.2 Å². The molecule has 1 amide bonds. The first-order valence-corrected chi connectivity index (χ1v) is 10.5. The summed E-state index contributed by atoms with van der Waals surface area (Å²) in [6, 6.07) is 13.2. The van der Waals surface area contributed by atoms with Gasteiger partial charge in [-0.2, -0.15) is 0 Å². The molecule has 0 atom stereocenters. The number of hydrogen-bond acceptors (Lipinski definition) is 2. The molecule has 1 N–H and O–H groups in total. The van der Waals surface area contributed by atoms with Crippen molar-refractivity contribution in [3.05, 3.63) is 53.1 Å². The van der Waals surface area contributed by atoms with E-state index in [1.54, 1.807) is 0 Å². The molecular formula is C25H34N2O. The number of nitrogens with zero attached hydrogens (tertiary/aromatic N) is 1. The van der Waals surface area contributed by atoms with Crippen LogP contribution < -0.4 is 10.2 Å². The van der Waals surface area contributed by atoms with E-state index in [1.165, 1.54) is 36.2 Å². The van der Waals surface area contributed by atoms with Crippen LogP contribution in [0.4, 0.5) is 17.1 Å². The van der Waals surface area contributed by atoms with Gasteiger partial charge in [0.15, 0.2) is 0 Å². The Hall–Kier alpha value is -2.29. The monoisotopic (exact) mass is 378 g/mol.